The van der Waals surface area contributed by atoms with Gasteiger partial charge in [0.15, 0.2) is 0 Å². The Morgan fingerprint density at radius 1 is 1.70 bits per heavy atom. The van der Waals surface area contributed by atoms with Gasteiger partial charge < -0.3 is 9.64 Å². The van der Waals surface area contributed by atoms with Crippen LogP contribution in [-0.4, -0.2) is 35.1 Å². The predicted octanol–water partition coefficient (Wildman–Crippen LogP) is 2.28. The van der Waals surface area contributed by atoms with E-state index in [1.165, 1.54) is 12.3 Å². The van der Waals surface area contributed by atoms with Gasteiger partial charge in [0.2, 0.25) is 5.82 Å². The normalized spacial score (nSPS) is 18.1. The maximum atomic E-state index is 11.9. The number of halogens is 1. The topological polar surface area (TPSA) is 85.6 Å². The summed E-state index contributed by atoms with van der Waals surface area (Å²) in [5, 5.41) is 11.1. The third-order valence-electron chi connectivity index (χ3n) is 3.09. The molecule has 20 heavy (non-hydrogen) atoms. The van der Waals surface area contributed by atoms with Crippen LogP contribution >= 0.6 is 15.9 Å². The van der Waals surface area contributed by atoms with Crippen LogP contribution in [0.3, 0.4) is 0 Å². The molecule has 0 radical (unpaired) electrons. The van der Waals surface area contributed by atoms with Gasteiger partial charge in [-0.15, -0.1) is 0 Å². The number of anilines is 1. The zero-order valence-electron chi connectivity index (χ0n) is 10.9. The van der Waals surface area contributed by atoms with Crippen molar-refractivity contribution in [2.24, 2.45) is 0 Å². The summed E-state index contributed by atoms with van der Waals surface area (Å²) < 4.78 is 5.54. The maximum Gasteiger partial charge on any atom is 0.328 e. The zero-order chi connectivity index (χ0) is 14.7. The number of hydrogen-bond acceptors (Lipinski definition) is 6. The standard InChI is InChI=1S/C12H14BrN3O4/c1-2-20-12(17)9-4-3-5-15(9)11-10(16(18)19)6-8(13)7-14-11/h6-7,9H,2-5H2,1H3/t9-/m0/s1. The molecule has 2 rings (SSSR count). The third kappa shape index (κ3) is 2.90. The smallest absolute Gasteiger partial charge is 0.328 e. The number of nitrogens with zero attached hydrogens (tertiary/aromatic N) is 3. The van der Waals surface area contributed by atoms with E-state index in [0.29, 0.717) is 24.0 Å². The van der Waals surface area contributed by atoms with Crippen molar-refractivity contribution in [3.05, 3.63) is 26.9 Å². The van der Waals surface area contributed by atoms with E-state index in [1.54, 1.807) is 11.8 Å². The van der Waals surface area contributed by atoms with Gasteiger partial charge in [-0.05, 0) is 35.7 Å². The van der Waals surface area contributed by atoms with E-state index < -0.39 is 11.0 Å². The van der Waals surface area contributed by atoms with Crippen LogP contribution in [0.2, 0.25) is 0 Å². The SMILES string of the molecule is CCOC(=O)[C@@H]1CCCN1c1ncc(Br)cc1[N+](=O)[O-]. The maximum absolute atomic E-state index is 11.9. The Bertz CT molecular complexity index is 537. The van der Waals surface area contributed by atoms with E-state index >= 15 is 0 Å². The number of pyridine rings is 1. The molecule has 1 fully saturated rings. The monoisotopic (exact) mass is 343 g/mol. The van der Waals surface area contributed by atoms with Crippen molar-refractivity contribution >= 4 is 33.4 Å². The summed E-state index contributed by atoms with van der Waals surface area (Å²) in [4.78, 5) is 28.3. The fraction of sp³-hybridized carbons (Fsp3) is 0.500. The summed E-state index contributed by atoms with van der Waals surface area (Å²) in [5.41, 5.74) is -0.115. The summed E-state index contributed by atoms with van der Waals surface area (Å²) in [6.07, 6.45) is 2.88. The van der Waals surface area contributed by atoms with Gasteiger partial charge in [-0.25, -0.2) is 9.78 Å². The van der Waals surface area contributed by atoms with E-state index in [4.69, 9.17) is 4.74 Å². The molecule has 0 aromatic carbocycles. The minimum atomic E-state index is -0.498. The molecule has 1 atom stereocenters. The Balaban J connectivity index is 2.35. The zero-order valence-corrected chi connectivity index (χ0v) is 12.5. The fourth-order valence-corrected chi connectivity index (χ4v) is 2.60. The molecule has 0 saturated carbocycles. The van der Waals surface area contributed by atoms with E-state index in [0.717, 1.165) is 6.42 Å². The molecule has 1 aromatic heterocycles. The molecule has 0 unspecified atom stereocenters. The van der Waals surface area contributed by atoms with Crippen LogP contribution in [0.4, 0.5) is 11.5 Å². The van der Waals surface area contributed by atoms with Crippen molar-refractivity contribution in [1.82, 2.24) is 4.98 Å². The van der Waals surface area contributed by atoms with Crippen LogP contribution in [0.1, 0.15) is 19.8 Å². The van der Waals surface area contributed by atoms with Crippen molar-refractivity contribution < 1.29 is 14.5 Å². The highest BCUT2D eigenvalue weighted by Gasteiger charge is 2.36. The Kier molecular flexibility index (Phi) is 4.53. The lowest BCUT2D eigenvalue weighted by molar-refractivity contribution is -0.384. The van der Waals surface area contributed by atoms with E-state index in [9.17, 15) is 14.9 Å². The highest BCUT2D eigenvalue weighted by Crippen LogP contribution is 2.33. The first kappa shape index (κ1) is 14.7. The van der Waals surface area contributed by atoms with Crippen molar-refractivity contribution in [3.63, 3.8) is 0 Å². The number of hydrogen-bond donors (Lipinski definition) is 0. The van der Waals surface area contributed by atoms with Crippen molar-refractivity contribution in [2.75, 3.05) is 18.1 Å². The molecule has 108 valence electrons. The average molecular weight is 344 g/mol. The molecule has 1 aliphatic rings. The highest BCUT2D eigenvalue weighted by atomic mass is 79.9. The lowest BCUT2D eigenvalue weighted by Crippen LogP contribution is -2.38. The number of rotatable bonds is 4. The molecule has 2 heterocycles. The minimum absolute atomic E-state index is 0.115. The van der Waals surface area contributed by atoms with Crippen LogP contribution < -0.4 is 4.90 Å². The summed E-state index contributed by atoms with van der Waals surface area (Å²) >= 11 is 3.17. The van der Waals surface area contributed by atoms with Crippen LogP contribution in [0.25, 0.3) is 0 Å². The van der Waals surface area contributed by atoms with Gasteiger partial charge in [-0.2, -0.15) is 0 Å². The quantitative estimate of drug-likeness (QED) is 0.473. The first-order valence-electron chi connectivity index (χ1n) is 6.27. The Hall–Kier alpha value is -1.70. The number of esters is 1. The molecular formula is C12H14BrN3O4. The molecule has 0 bridgehead atoms. The van der Waals surface area contributed by atoms with E-state index in [-0.39, 0.29) is 17.5 Å². The van der Waals surface area contributed by atoms with E-state index in [1.807, 2.05) is 0 Å². The predicted molar refractivity (Wildman–Crippen MR) is 75.6 cm³/mol. The molecule has 1 aromatic rings. The number of carbonyl (C=O) groups excluding carboxylic acids is 1. The van der Waals surface area contributed by atoms with Gasteiger partial charge >= 0.3 is 11.7 Å². The van der Waals surface area contributed by atoms with Gasteiger partial charge in [0.1, 0.15) is 6.04 Å². The Morgan fingerprint density at radius 3 is 3.10 bits per heavy atom. The van der Waals surface area contributed by atoms with Gasteiger partial charge in [-0.1, -0.05) is 0 Å². The van der Waals surface area contributed by atoms with Gasteiger partial charge in [0, 0.05) is 23.3 Å². The molecular weight excluding hydrogens is 330 g/mol. The number of carbonyl (C=O) groups is 1. The van der Waals surface area contributed by atoms with Gasteiger partial charge in [0.25, 0.3) is 0 Å². The number of ether oxygens (including phenoxy) is 1. The number of aromatic nitrogens is 1. The van der Waals surface area contributed by atoms with Gasteiger partial charge in [-0.3, -0.25) is 10.1 Å². The van der Waals surface area contributed by atoms with Crippen molar-refractivity contribution in [3.8, 4) is 0 Å². The second kappa shape index (κ2) is 6.17. The molecule has 1 saturated heterocycles. The summed E-state index contributed by atoms with van der Waals surface area (Å²) in [5.74, 6) is -0.141. The van der Waals surface area contributed by atoms with Crippen LogP contribution in [0, 0.1) is 10.1 Å². The molecule has 0 N–H and O–H groups in total. The molecule has 7 nitrogen and oxygen atoms in total. The fourth-order valence-electron chi connectivity index (χ4n) is 2.28. The van der Waals surface area contributed by atoms with Crippen molar-refractivity contribution in [2.45, 2.75) is 25.8 Å². The highest BCUT2D eigenvalue weighted by molar-refractivity contribution is 9.10. The Labute approximate surface area is 124 Å². The van der Waals surface area contributed by atoms with Crippen LogP contribution in [-0.2, 0) is 9.53 Å². The largest absolute Gasteiger partial charge is 0.464 e. The molecule has 0 amide bonds. The second-order valence-corrected chi connectivity index (χ2v) is 5.27. The molecule has 0 spiro atoms. The summed E-state index contributed by atoms with van der Waals surface area (Å²) in [7, 11) is 0. The number of nitro groups is 1. The lowest BCUT2D eigenvalue weighted by Gasteiger charge is -2.23. The summed E-state index contributed by atoms with van der Waals surface area (Å²) in [6, 6.07) is 0.894. The lowest BCUT2D eigenvalue weighted by atomic mass is 10.2. The van der Waals surface area contributed by atoms with Gasteiger partial charge in [0.05, 0.1) is 11.5 Å². The van der Waals surface area contributed by atoms with Crippen LogP contribution in [0.5, 0.6) is 0 Å². The minimum Gasteiger partial charge on any atom is -0.464 e. The molecule has 8 heteroatoms. The Morgan fingerprint density at radius 2 is 2.45 bits per heavy atom. The first-order chi connectivity index (χ1) is 9.54. The first-order valence-corrected chi connectivity index (χ1v) is 7.07. The average Bonchev–Trinajstić information content (AvgIpc) is 2.88. The summed E-state index contributed by atoms with van der Waals surface area (Å²) in [6.45, 7) is 2.58. The second-order valence-electron chi connectivity index (χ2n) is 4.36. The molecule has 0 aliphatic carbocycles. The van der Waals surface area contributed by atoms with E-state index in [2.05, 4.69) is 20.9 Å². The third-order valence-corrected chi connectivity index (χ3v) is 3.53. The van der Waals surface area contributed by atoms with Crippen molar-refractivity contribution in [1.29, 1.82) is 0 Å². The molecule has 1 aliphatic heterocycles. The van der Waals surface area contributed by atoms with Crippen LogP contribution in [0.15, 0.2) is 16.7 Å².